The van der Waals surface area contributed by atoms with E-state index < -0.39 is 0 Å². The van der Waals surface area contributed by atoms with Gasteiger partial charge in [-0.05, 0) is 74.3 Å². The van der Waals surface area contributed by atoms with E-state index in [2.05, 4.69) is 10.6 Å². The normalized spacial score (nSPS) is 15.3. The minimum Gasteiger partial charge on any atom is -0.496 e. The zero-order chi connectivity index (χ0) is 24.2. The van der Waals surface area contributed by atoms with Crippen molar-refractivity contribution in [1.82, 2.24) is 5.32 Å². The highest BCUT2D eigenvalue weighted by atomic mass is 35.5. The number of carbonyl (C=O) groups is 2. The van der Waals surface area contributed by atoms with Crippen molar-refractivity contribution in [2.24, 2.45) is 0 Å². The summed E-state index contributed by atoms with van der Waals surface area (Å²) in [7, 11) is 3.44. The lowest BCUT2D eigenvalue weighted by atomic mass is 10.0. The number of carbonyl (C=O) groups excluding carboxylic acids is 2. The molecular formula is C27H28ClN3O3. The Balaban J connectivity index is 1.64. The van der Waals surface area contributed by atoms with E-state index >= 15 is 0 Å². The molecule has 4 rings (SSSR count). The number of nitrogens with zero attached hydrogens (tertiary/aromatic N) is 1. The molecule has 6 nitrogen and oxygen atoms in total. The molecule has 0 saturated carbocycles. The van der Waals surface area contributed by atoms with Gasteiger partial charge in [0.15, 0.2) is 0 Å². The Kier molecular flexibility index (Phi) is 7.20. The lowest BCUT2D eigenvalue weighted by molar-refractivity contribution is 0.0983. The van der Waals surface area contributed by atoms with Crippen molar-refractivity contribution in [3.8, 4) is 5.75 Å². The maximum Gasteiger partial charge on any atom is 0.262 e. The molecule has 1 aliphatic heterocycles. The Morgan fingerprint density at radius 1 is 1.06 bits per heavy atom. The summed E-state index contributed by atoms with van der Waals surface area (Å²) < 4.78 is 5.56. The van der Waals surface area contributed by atoms with Crippen molar-refractivity contribution in [1.29, 1.82) is 0 Å². The van der Waals surface area contributed by atoms with E-state index in [4.69, 9.17) is 16.3 Å². The molecule has 0 aliphatic carbocycles. The summed E-state index contributed by atoms with van der Waals surface area (Å²) in [6.07, 6.45) is 1.74. The van der Waals surface area contributed by atoms with Crippen LogP contribution in [-0.4, -0.2) is 32.5 Å². The molecule has 34 heavy (non-hydrogen) atoms. The van der Waals surface area contributed by atoms with Gasteiger partial charge in [0, 0.05) is 40.6 Å². The largest absolute Gasteiger partial charge is 0.496 e. The third-order valence-corrected chi connectivity index (χ3v) is 6.44. The number of anilines is 2. The second kappa shape index (κ2) is 10.3. The molecule has 3 aromatic carbocycles. The van der Waals surface area contributed by atoms with E-state index in [1.165, 1.54) is 7.11 Å². The van der Waals surface area contributed by atoms with E-state index in [1.54, 1.807) is 35.2 Å². The first-order valence-electron chi connectivity index (χ1n) is 11.3. The van der Waals surface area contributed by atoms with Gasteiger partial charge in [0.2, 0.25) is 0 Å². The molecular weight excluding hydrogens is 450 g/mol. The van der Waals surface area contributed by atoms with Gasteiger partial charge in [-0.1, -0.05) is 29.8 Å². The molecule has 2 N–H and O–H groups in total. The number of fused-ring (bicyclic) bond motifs is 1. The number of ether oxygens (including phenoxy) is 1. The van der Waals surface area contributed by atoms with Crippen molar-refractivity contribution < 1.29 is 14.3 Å². The number of rotatable bonds is 5. The van der Waals surface area contributed by atoms with Gasteiger partial charge in [-0.25, -0.2) is 0 Å². The van der Waals surface area contributed by atoms with E-state index in [-0.39, 0.29) is 17.9 Å². The SMILES string of the molecule is CNC1CCCN(C(=O)c2ccc(NC(=O)c3ccccc3C)cc2OC)c2ccc(Cl)cc21. The first kappa shape index (κ1) is 23.8. The Hall–Kier alpha value is -3.35. The van der Waals surface area contributed by atoms with Gasteiger partial charge in [0.25, 0.3) is 11.8 Å². The monoisotopic (exact) mass is 477 g/mol. The van der Waals surface area contributed by atoms with Gasteiger partial charge in [-0.3, -0.25) is 9.59 Å². The van der Waals surface area contributed by atoms with Crippen molar-refractivity contribution >= 4 is 34.8 Å². The van der Waals surface area contributed by atoms with Crippen LogP contribution in [0, 0.1) is 6.92 Å². The second-order valence-corrected chi connectivity index (χ2v) is 8.76. The molecule has 2 amide bonds. The Bertz CT molecular complexity index is 1230. The van der Waals surface area contributed by atoms with Gasteiger partial charge in [-0.2, -0.15) is 0 Å². The maximum absolute atomic E-state index is 13.7. The molecule has 0 radical (unpaired) electrons. The zero-order valence-corrected chi connectivity index (χ0v) is 20.3. The molecule has 0 aromatic heterocycles. The molecule has 176 valence electrons. The van der Waals surface area contributed by atoms with Gasteiger partial charge in [0.05, 0.1) is 12.7 Å². The number of benzene rings is 3. The number of methoxy groups -OCH3 is 1. The highest BCUT2D eigenvalue weighted by Crippen LogP contribution is 2.36. The minimum atomic E-state index is -0.212. The van der Waals surface area contributed by atoms with Crippen LogP contribution in [0.1, 0.15) is 50.7 Å². The third-order valence-electron chi connectivity index (χ3n) is 6.20. The number of hydrogen-bond acceptors (Lipinski definition) is 4. The van der Waals surface area contributed by atoms with Crippen LogP contribution in [0.15, 0.2) is 60.7 Å². The zero-order valence-electron chi connectivity index (χ0n) is 19.5. The standard InChI is InChI=1S/C27H28ClN3O3/c1-17-7-4-5-8-20(17)26(32)30-19-11-12-21(25(16-19)34-3)27(33)31-14-6-9-23(29-2)22-15-18(28)10-13-24(22)31/h4-5,7-8,10-13,15-16,23,29H,6,9,14H2,1-3H3,(H,30,32). The minimum absolute atomic E-state index is 0.118. The summed E-state index contributed by atoms with van der Waals surface area (Å²) in [5, 5.41) is 6.87. The summed E-state index contributed by atoms with van der Waals surface area (Å²) in [4.78, 5) is 28.2. The van der Waals surface area contributed by atoms with Crippen LogP contribution in [0.2, 0.25) is 5.02 Å². The number of halogens is 1. The smallest absolute Gasteiger partial charge is 0.262 e. The number of amides is 2. The predicted molar refractivity (Wildman–Crippen MR) is 136 cm³/mol. The molecule has 0 fully saturated rings. The van der Waals surface area contributed by atoms with Crippen molar-refractivity contribution in [2.75, 3.05) is 30.9 Å². The Labute approximate surface area is 204 Å². The van der Waals surface area contributed by atoms with Crippen LogP contribution in [0.4, 0.5) is 11.4 Å². The first-order chi connectivity index (χ1) is 16.4. The topological polar surface area (TPSA) is 70.7 Å². The fourth-order valence-electron chi connectivity index (χ4n) is 4.41. The van der Waals surface area contributed by atoms with Crippen LogP contribution in [0.3, 0.4) is 0 Å². The summed E-state index contributed by atoms with van der Waals surface area (Å²) in [5.41, 5.74) is 4.31. The molecule has 3 aromatic rings. The molecule has 0 bridgehead atoms. The number of nitrogens with one attached hydrogen (secondary N) is 2. The van der Waals surface area contributed by atoms with E-state index in [0.29, 0.717) is 34.1 Å². The van der Waals surface area contributed by atoms with Gasteiger partial charge < -0.3 is 20.3 Å². The second-order valence-electron chi connectivity index (χ2n) is 8.33. The van der Waals surface area contributed by atoms with E-state index in [1.807, 2.05) is 44.3 Å². The van der Waals surface area contributed by atoms with E-state index in [9.17, 15) is 9.59 Å². The summed E-state index contributed by atoms with van der Waals surface area (Å²) in [5.74, 6) is 0.0297. The average molecular weight is 478 g/mol. The first-order valence-corrected chi connectivity index (χ1v) is 11.6. The molecule has 1 atom stereocenters. The van der Waals surface area contributed by atoms with Crippen LogP contribution in [-0.2, 0) is 0 Å². The van der Waals surface area contributed by atoms with Crippen LogP contribution in [0.25, 0.3) is 0 Å². The van der Waals surface area contributed by atoms with Crippen molar-refractivity contribution in [2.45, 2.75) is 25.8 Å². The lowest BCUT2D eigenvalue weighted by Gasteiger charge is -2.25. The molecule has 0 saturated heterocycles. The number of hydrogen-bond donors (Lipinski definition) is 2. The van der Waals surface area contributed by atoms with Crippen molar-refractivity contribution in [3.63, 3.8) is 0 Å². The Morgan fingerprint density at radius 2 is 1.85 bits per heavy atom. The van der Waals surface area contributed by atoms with Crippen molar-refractivity contribution in [3.05, 3.63) is 87.9 Å². The molecule has 1 unspecified atom stereocenters. The van der Waals surface area contributed by atoms with Gasteiger partial charge in [-0.15, -0.1) is 0 Å². The third kappa shape index (κ3) is 4.79. The molecule has 1 heterocycles. The fraction of sp³-hybridized carbons (Fsp3) is 0.259. The quantitative estimate of drug-likeness (QED) is 0.501. The summed E-state index contributed by atoms with van der Waals surface area (Å²) >= 11 is 6.27. The molecule has 7 heteroatoms. The highest BCUT2D eigenvalue weighted by molar-refractivity contribution is 6.30. The predicted octanol–water partition coefficient (Wildman–Crippen LogP) is 5.61. The molecule has 1 aliphatic rings. The summed E-state index contributed by atoms with van der Waals surface area (Å²) in [6, 6.07) is 18.2. The molecule has 0 spiro atoms. The Morgan fingerprint density at radius 3 is 2.59 bits per heavy atom. The average Bonchev–Trinajstić information content (AvgIpc) is 3.02. The van der Waals surface area contributed by atoms with Gasteiger partial charge in [0.1, 0.15) is 5.75 Å². The van der Waals surface area contributed by atoms with Crippen LogP contribution >= 0.6 is 11.6 Å². The lowest BCUT2D eigenvalue weighted by Crippen LogP contribution is -2.32. The summed E-state index contributed by atoms with van der Waals surface area (Å²) in [6.45, 7) is 2.47. The van der Waals surface area contributed by atoms with Crippen LogP contribution in [0.5, 0.6) is 5.75 Å². The highest BCUT2D eigenvalue weighted by Gasteiger charge is 2.28. The van der Waals surface area contributed by atoms with Gasteiger partial charge >= 0.3 is 0 Å². The van der Waals surface area contributed by atoms with Crippen LogP contribution < -0.4 is 20.3 Å². The maximum atomic E-state index is 13.7. The van der Waals surface area contributed by atoms with E-state index in [0.717, 1.165) is 29.7 Å². The number of aryl methyl sites for hydroxylation is 1. The fourth-order valence-corrected chi connectivity index (χ4v) is 4.59.